The quantitative estimate of drug-likeness (QED) is 0.0173. The summed E-state index contributed by atoms with van der Waals surface area (Å²) in [5.41, 5.74) is 23.6. The van der Waals surface area contributed by atoms with Gasteiger partial charge in [-0.25, -0.2) is 4.98 Å². The van der Waals surface area contributed by atoms with Crippen LogP contribution in [0.1, 0.15) is 98.2 Å². The average molecular weight is 1140 g/mol. The van der Waals surface area contributed by atoms with E-state index in [-0.39, 0.29) is 70.0 Å². The Kier molecular flexibility index (Phi) is 30.6. The molecule has 9 amide bonds. The molecule has 0 aliphatic carbocycles. The Morgan fingerprint density at radius 2 is 1.27 bits per heavy atom. The lowest BCUT2D eigenvalue weighted by Crippen LogP contribution is -2.62. The van der Waals surface area contributed by atoms with Gasteiger partial charge in [-0.05, 0) is 83.2 Å². The van der Waals surface area contributed by atoms with Crippen LogP contribution in [0.4, 0.5) is 0 Å². The van der Waals surface area contributed by atoms with Crippen molar-refractivity contribution in [1.29, 1.82) is 0 Å². The number of carbonyl (C=O) groups excluding carboxylic acids is 9. The van der Waals surface area contributed by atoms with Crippen LogP contribution < -0.4 is 65.5 Å². The van der Waals surface area contributed by atoms with E-state index in [2.05, 4.69) is 57.5 Å². The minimum atomic E-state index is -1.83. The fourth-order valence-corrected chi connectivity index (χ4v) is 8.05. The Bertz CT molecular complexity index is 2390. The molecule has 0 saturated carbocycles. The second kappa shape index (κ2) is 35.8. The van der Waals surface area contributed by atoms with Crippen LogP contribution in [0.5, 0.6) is 0 Å². The van der Waals surface area contributed by atoms with E-state index in [1.807, 2.05) is 12.1 Å². The van der Waals surface area contributed by atoms with Crippen molar-refractivity contribution < 1.29 is 63.3 Å². The number of aliphatic hydroxyl groups excluding tert-OH is 2. The molecule has 452 valence electrons. The van der Waals surface area contributed by atoms with Gasteiger partial charge < -0.3 is 90.7 Å². The minimum absolute atomic E-state index is 0.00668. The highest BCUT2D eigenvalue weighted by Gasteiger charge is 2.37. The number of rotatable bonds is 37. The number of carboxylic acids is 1. The molecule has 0 aliphatic rings. The fourth-order valence-electron chi connectivity index (χ4n) is 8.05. The van der Waals surface area contributed by atoms with E-state index >= 15 is 0 Å². The van der Waals surface area contributed by atoms with E-state index in [0.29, 0.717) is 18.5 Å². The van der Waals surface area contributed by atoms with Gasteiger partial charge in [0, 0.05) is 31.4 Å². The number of amides is 9. The van der Waals surface area contributed by atoms with E-state index in [1.165, 1.54) is 19.4 Å². The number of hydrogen-bond donors (Lipinski definition) is 16. The number of aliphatic carboxylic acids is 1. The zero-order chi connectivity index (χ0) is 60.9. The zero-order valence-electron chi connectivity index (χ0n) is 47.2. The van der Waals surface area contributed by atoms with E-state index < -0.39 is 139 Å². The number of guanidine groups is 1. The molecule has 29 nitrogen and oxygen atoms in total. The number of nitrogens with one attached hydrogen (secondary N) is 9. The van der Waals surface area contributed by atoms with Crippen LogP contribution in [0.15, 0.2) is 47.8 Å². The first-order valence-electron chi connectivity index (χ1n) is 27.0. The number of carbonyl (C=O) groups is 10. The number of aliphatic imine (C=N–C) groups is 1. The number of aliphatic hydroxyl groups is 2. The lowest BCUT2D eigenvalue weighted by atomic mass is 9.96. The molecule has 1 aromatic heterocycles. The van der Waals surface area contributed by atoms with Crippen molar-refractivity contribution in [1.82, 2.24) is 57.4 Å². The van der Waals surface area contributed by atoms with Crippen LogP contribution in [-0.2, 0) is 60.8 Å². The Labute approximate surface area is 471 Å². The number of nitrogens with zero attached hydrogens (tertiary/aromatic N) is 3. The van der Waals surface area contributed by atoms with Crippen LogP contribution in [-0.4, -0.2) is 189 Å². The second-order valence-corrected chi connectivity index (χ2v) is 20.3. The smallest absolute Gasteiger partial charge is 0.323 e. The molecule has 29 heteroatoms. The lowest BCUT2D eigenvalue weighted by molar-refractivity contribution is -0.147. The second-order valence-electron chi connectivity index (χ2n) is 20.3. The zero-order valence-corrected chi connectivity index (χ0v) is 47.2. The number of hydrogen-bond acceptors (Lipinski definition) is 16. The molecule has 0 radical (unpaired) electrons. The summed E-state index contributed by atoms with van der Waals surface area (Å²) in [5, 5.41) is 50.9. The van der Waals surface area contributed by atoms with Gasteiger partial charge in [0.2, 0.25) is 53.2 Å². The molecule has 0 spiro atoms. The van der Waals surface area contributed by atoms with E-state index in [1.54, 1.807) is 45.9 Å². The lowest BCUT2D eigenvalue weighted by Gasteiger charge is -2.32. The van der Waals surface area contributed by atoms with E-state index in [9.17, 15) is 63.3 Å². The maximum Gasteiger partial charge on any atom is 0.323 e. The maximum absolute atomic E-state index is 14.2. The molecule has 1 unspecified atom stereocenters. The molecular weight excluding hydrogens is 1060 g/mol. The van der Waals surface area contributed by atoms with Gasteiger partial charge in [0.1, 0.15) is 48.8 Å². The van der Waals surface area contributed by atoms with Crippen molar-refractivity contribution in [2.75, 3.05) is 32.7 Å². The molecule has 11 atom stereocenters. The number of carboxylic acid groups (broad SMARTS) is 1. The molecule has 1 heterocycles. The van der Waals surface area contributed by atoms with Crippen LogP contribution >= 0.6 is 0 Å². The molecule has 1 aromatic carbocycles. The van der Waals surface area contributed by atoms with Gasteiger partial charge in [-0.3, -0.25) is 52.9 Å². The summed E-state index contributed by atoms with van der Waals surface area (Å²) in [4.78, 5) is 146. The van der Waals surface area contributed by atoms with Crippen LogP contribution in [0.3, 0.4) is 0 Å². The molecule has 81 heavy (non-hydrogen) atoms. The first-order chi connectivity index (χ1) is 38.2. The summed E-state index contributed by atoms with van der Waals surface area (Å²) in [6, 6.07) is -2.09. The third kappa shape index (κ3) is 25.5. The van der Waals surface area contributed by atoms with E-state index in [0.717, 1.165) is 24.3 Å². The van der Waals surface area contributed by atoms with Gasteiger partial charge in [0.05, 0.1) is 31.1 Å². The third-order valence-corrected chi connectivity index (χ3v) is 12.8. The summed E-state index contributed by atoms with van der Waals surface area (Å²) >= 11 is 0. The Morgan fingerprint density at radius 3 is 1.84 bits per heavy atom. The summed E-state index contributed by atoms with van der Waals surface area (Å²) in [6.07, 6.45) is 0.665. The number of benzene rings is 1. The molecule has 20 N–H and O–H groups in total. The van der Waals surface area contributed by atoms with Crippen molar-refractivity contribution in [3.63, 3.8) is 0 Å². The molecule has 0 saturated heterocycles. The minimum Gasteiger partial charge on any atom is -0.480 e. The molecule has 0 bridgehead atoms. The maximum atomic E-state index is 14.2. The normalized spacial score (nSPS) is 15.2. The van der Waals surface area contributed by atoms with Gasteiger partial charge in [0.15, 0.2) is 5.96 Å². The summed E-state index contributed by atoms with van der Waals surface area (Å²) in [7, 11) is 0. The number of imidazole rings is 1. The fraction of sp³-hybridized carbons (Fsp3) is 0.615. The Hall–Kier alpha value is -7.76. The van der Waals surface area contributed by atoms with Crippen LogP contribution in [0.2, 0.25) is 0 Å². The number of H-pyrrole nitrogens is 1. The highest BCUT2D eigenvalue weighted by molar-refractivity contribution is 5.98. The van der Waals surface area contributed by atoms with Gasteiger partial charge in [-0.1, -0.05) is 64.4 Å². The summed E-state index contributed by atoms with van der Waals surface area (Å²) < 4.78 is 0. The van der Waals surface area contributed by atoms with Crippen molar-refractivity contribution in [3.05, 3.63) is 54.1 Å². The topological polar surface area (TPSA) is 476 Å². The molecule has 0 fully saturated rings. The van der Waals surface area contributed by atoms with Crippen LogP contribution in [0.25, 0.3) is 0 Å². The standard InChI is InChI=1S/C52H86N16O13/c1-8-29(4)41(51(81)68(25-28(2)3)26-40(72)73)65-47(77)36(17-12-20-53)62-39(71)24-59-49(79)42(31(6)69)67-50(80)43(32(7)70)66-48(78)38(22-34-23-57-27-60-34)64-46(76)37(19-18-33-14-10-9-11-15-33)63-44(74)30(5)61-45(75)35(54)16-13-21-58-52(55)56/h9-11,14-15,23,27-32,35-38,41-43,69-70H,8,12-13,16-22,24-26,53-54H2,1-7H3,(H,57,60)(H,59,79)(H,61,75)(H,62,71)(H,63,74)(H,64,76)(H,65,77)(H,66,78)(H,67,80)(H,72,73)(H4,55,56,58)/t29?,30-,31+,32+,35-,36-,37-,38-,41-,42-,43-/m0/s1. The van der Waals surface area contributed by atoms with Crippen molar-refractivity contribution in [2.24, 2.45) is 39.8 Å². The van der Waals surface area contributed by atoms with Gasteiger partial charge in [0.25, 0.3) is 0 Å². The van der Waals surface area contributed by atoms with Gasteiger partial charge in [-0.15, -0.1) is 0 Å². The van der Waals surface area contributed by atoms with Crippen LogP contribution in [0, 0.1) is 11.8 Å². The predicted octanol–water partition coefficient (Wildman–Crippen LogP) is -4.39. The first kappa shape index (κ1) is 69.3. The Morgan fingerprint density at radius 1 is 0.691 bits per heavy atom. The van der Waals surface area contributed by atoms with Crippen molar-refractivity contribution in [3.8, 4) is 0 Å². The number of aryl methyl sites for hydroxylation is 1. The molecular formula is C52H86N16O13. The van der Waals surface area contributed by atoms with E-state index in [4.69, 9.17) is 22.9 Å². The highest BCUT2D eigenvalue weighted by Crippen LogP contribution is 2.15. The SMILES string of the molecule is CCC(C)[C@H](NC(=O)[C@H](CCCN)NC(=O)CNC(=O)[C@@H](NC(=O)[C@@H](NC(=O)[C@H](Cc1cnc[nH]1)NC(=O)[C@H](CCc1ccccc1)NC(=O)[C@H](C)NC(=O)[C@@H](N)CCCN=C(N)N)[C@@H](C)O)[C@@H](C)O)C(=O)N(CC(=O)O)CC(C)C. The number of aromatic amines is 1. The average Bonchev–Trinajstić information content (AvgIpc) is 3.95. The van der Waals surface area contributed by atoms with Gasteiger partial charge in [-0.2, -0.15) is 0 Å². The largest absolute Gasteiger partial charge is 0.480 e. The third-order valence-electron chi connectivity index (χ3n) is 12.8. The van der Waals surface area contributed by atoms with Crippen molar-refractivity contribution >= 4 is 65.1 Å². The summed E-state index contributed by atoms with van der Waals surface area (Å²) in [6.45, 7) is 9.85. The molecule has 0 aliphatic heterocycles. The molecule has 2 rings (SSSR count). The van der Waals surface area contributed by atoms with Crippen molar-refractivity contribution in [2.45, 2.75) is 160 Å². The monoisotopic (exact) mass is 1140 g/mol. The molecule has 2 aromatic rings. The van der Waals surface area contributed by atoms with Gasteiger partial charge >= 0.3 is 5.97 Å². The highest BCUT2D eigenvalue weighted by atomic mass is 16.4. The number of nitrogens with two attached hydrogens (primary N) is 4. The summed E-state index contributed by atoms with van der Waals surface area (Å²) in [5.74, 6) is -9.74. The first-order valence-corrected chi connectivity index (χ1v) is 27.0. The predicted molar refractivity (Wildman–Crippen MR) is 297 cm³/mol. The Balaban J connectivity index is 2.29. The number of aromatic nitrogens is 2.